The van der Waals surface area contributed by atoms with E-state index in [2.05, 4.69) is 5.32 Å². The van der Waals surface area contributed by atoms with Crippen LogP contribution in [0, 0.1) is 6.92 Å². The molecule has 9 heteroatoms. The van der Waals surface area contributed by atoms with E-state index in [1.54, 1.807) is 12.1 Å². The van der Waals surface area contributed by atoms with Crippen LogP contribution in [0.15, 0.2) is 42.5 Å². The highest BCUT2D eigenvalue weighted by Gasteiger charge is 2.23. The Hall–Kier alpha value is -2.94. The third-order valence-electron chi connectivity index (χ3n) is 4.05. The molecule has 1 aliphatic rings. The number of hydrogen-bond acceptors (Lipinski definition) is 6. The Balaban J connectivity index is 1.55. The molecule has 0 bridgehead atoms. The van der Waals surface area contributed by atoms with Crippen LogP contribution < -0.4 is 23.8 Å². The molecule has 8 nitrogen and oxygen atoms in total. The second-order valence-electron chi connectivity index (χ2n) is 6.32. The van der Waals surface area contributed by atoms with Gasteiger partial charge in [0.1, 0.15) is 18.9 Å². The van der Waals surface area contributed by atoms with Crippen molar-refractivity contribution >= 4 is 21.6 Å². The molecule has 2 aromatic carbocycles. The van der Waals surface area contributed by atoms with E-state index in [0.29, 0.717) is 22.9 Å². The van der Waals surface area contributed by atoms with E-state index >= 15 is 0 Å². The lowest BCUT2D eigenvalue weighted by atomic mass is 10.2. The number of rotatable bonds is 8. The largest absolute Gasteiger partial charge is 0.492 e. The van der Waals surface area contributed by atoms with Crippen LogP contribution in [0.4, 0.5) is 5.69 Å². The average molecular weight is 406 g/mol. The van der Waals surface area contributed by atoms with Gasteiger partial charge >= 0.3 is 0 Å². The number of hydrogen-bond donors (Lipinski definition) is 1. The number of sulfonamides is 1. The number of fused-ring (bicyclic) bond motifs is 1. The van der Waals surface area contributed by atoms with Crippen LogP contribution in [-0.4, -0.2) is 47.1 Å². The molecule has 0 aliphatic carbocycles. The maximum absolute atomic E-state index is 12.2. The van der Waals surface area contributed by atoms with Crippen LogP contribution in [0.25, 0.3) is 0 Å². The van der Waals surface area contributed by atoms with Crippen LogP contribution in [0.5, 0.6) is 17.2 Å². The summed E-state index contributed by atoms with van der Waals surface area (Å²) >= 11 is 0. The van der Waals surface area contributed by atoms with Gasteiger partial charge in [0.25, 0.3) is 0 Å². The summed E-state index contributed by atoms with van der Waals surface area (Å²) in [6, 6.07) is 12.3. The van der Waals surface area contributed by atoms with Gasteiger partial charge in [-0.15, -0.1) is 0 Å². The second kappa shape index (κ2) is 8.39. The van der Waals surface area contributed by atoms with Crippen molar-refractivity contribution in [1.29, 1.82) is 0 Å². The normalized spacial score (nSPS) is 12.5. The lowest BCUT2D eigenvalue weighted by Gasteiger charge is -2.22. The smallest absolute Gasteiger partial charge is 0.240 e. The van der Waals surface area contributed by atoms with Crippen molar-refractivity contribution in [1.82, 2.24) is 5.32 Å². The molecular weight excluding hydrogens is 384 g/mol. The van der Waals surface area contributed by atoms with Gasteiger partial charge in [0.05, 0.1) is 18.5 Å². The molecule has 0 atom stereocenters. The highest BCUT2D eigenvalue weighted by atomic mass is 32.2. The van der Waals surface area contributed by atoms with Gasteiger partial charge < -0.3 is 19.5 Å². The first-order chi connectivity index (χ1) is 13.3. The Labute approximate surface area is 164 Å². The molecule has 0 spiro atoms. The first-order valence-corrected chi connectivity index (χ1v) is 10.5. The topological polar surface area (TPSA) is 94.2 Å². The molecule has 150 valence electrons. The molecule has 0 saturated carbocycles. The SMILES string of the molecule is Cc1ccc(OCCNC(=O)CN(c2ccc3c(c2)OCO3)S(C)(=O)=O)cc1. The summed E-state index contributed by atoms with van der Waals surface area (Å²) in [6.45, 7) is 2.25. The van der Waals surface area contributed by atoms with E-state index in [1.165, 1.54) is 6.07 Å². The van der Waals surface area contributed by atoms with Crippen LogP contribution in [0.2, 0.25) is 0 Å². The number of nitrogens with zero attached hydrogens (tertiary/aromatic N) is 1. The molecular formula is C19H22N2O6S. The first-order valence-electron chi connectivity index (χ1n) is 8.66. The molecule has 1 aliphatic heterocycles. The molecule has 1 amide bonds. The minimum atomic E-state index is -3.66. The van der Waals surface area contributed by atoms with E-state index in [1.807, 2.05) is 31.2 Å². The summed E-state index contributed by atoms with van der Waals surface area (Å²) in [5.74, 6) is 1.25. The van der Waals surface area contributed by atoms with Crippen LogP contribution >= 0.6 is 0 Å². The summed E-state index contributed by atoms with van der Waals surface area (Å²) in [7, 11) is -3.66. The monoisotopic (exact) mass is 406 g/mol. The van der Waals surface area contributed by atoms with Crippen molar-refractivity contribution in [2.24, 2.45) is 0 Å². The number of anilines is 1. The zero-order valence-corrected chi connectivity index (χ0v) is 16.5. The maximum Gasteiger partial charge on any atom is 0.240 e. The summed E-state index contributed by atoms with van der Waals surface area (Å²) in [4.78, 5) is 12.2. The third-order valence-corrected chi connectivity index (χ3v) is 5.19. The van der Waals surface area contributed by atoms with Gasteiger partial charge in [0.2, 0.25) is 22.7 Å². The number of ether oxygens (including phenoxy) is 3. The van der Waals surface area contributed by atoms with Gasteiger partial charge in [-0.25, -0.2) is 8.42 Å². The Kier molecular flexibility index (Phi) is 5.93. The van der Waals surface area contributed by atoms with Crippen LogP contribution in [-0.2, 0) is 14.8 Å². The van der Waals surface area contributed by atoms with E-state index in [4.69, 9.17) is 14.2 Å². The van der Waals surface area contributed by atoms with E-state index in [9.17, 15) is 13.2 Å². The van der Waals surface area contributed by atoms with E-state index in [0.717, 1.165) is 16.1 Å². The molecule has 28 heavy (non-hydrogen) atoms. The van der Waals surface area contributed by atoms with Gasteiger partial charge in [0, 0.05) is 6.07 Å². The fourth-order valence-electron chi connectivity index (χ4n) is 2.62. The number of carbonyl (C=O) groups is 1. The van der Waals surface area contributed by atoms with Gasteiger partial charge in [-0.05, 0) is 31.2 Å². The van der Waals surface area contributed by atoms with Crippen molar-refractivity contribution < 1.29 is 27.4 Å². The summed E-state index contributed by atoms with van der Waals surface area (Å²) in [5.41, 5.74) is 1.46. The quantitative estimate of drug-likeness (QED) is 0.671. The zero-order chi connectivity index (χ0) is 20.1. The van der Waals surface area contributed by atoms with Crippen molar-refractivity contribution in [2.75, 3.05) is 37.1 Å². The molecule has 0 radical (unpaired) electrons. The number of benzene rings is 2. The third kappa shape index (κ3) is 5.07. The van der Waals surface area contributed by atoms with Gasteiger partial charge in [0.15, 0.2) is 11.5 Å². The summed E-state index contributed by atoms with van der Waals surface area (Å²) < 4.78 is 41.4. The van der Waals surface area contributed by atoms with Crippen molar-refractivity contribution in [2.45, 2.75) is 6.92 Å². The molecule has 2 aromatic rings. The Morgan fingerprint density at radius 2 is 1.86 bits per heavy atom. The number of amides is 1. The molecule has 0 aromatic heterocycles. The standard InChI is InChI=1S/C19H22N2O6S/c1-14-3-6-16(7-4-14)25-10-9-20-19(22)12-21(28(2,23)24)15-5-8-17-18(11-15)27-13-26-17/h3-8,11H,9-10,12-13H2,1-2H3,(H,20,22). The molecule has 1 N–H and O–H groups in total. The Morgan fingerprint density at radius 1 is 1.14 bits per heavy atom. The minimum absolute atomic E-state index is 0.0825. The number of nitrogens with one attached hydrogen (secondary N) is 1. The summed E-state index contributed by atoms with van der Waals surface area (Å²) in [6.07, 6.45) is 1.05. The predicted molar refractivity (Wildman–Crippen MR) is 104 cm³/mol. The van der Waals surface area contributed by atoms with Crippen molar-refractivity contribution in [3.05, 3.63) is 48.0 Å². The molecule has 3 rings (SSSR count). The predicted octanol–water partition coefficient (Wildman–Crippen LogP) is 1.68. The number of aryl methyl sites for hydroxylation is 1. The van der Waals surface area contributed by atoms with Crippen LogP contribution in [0.3, 0.4) is 0 Å². The number of carbonyl (C=O) groups excluding carboxylic acids is 1. The zero-order valence-electron chi connectivity index (χ0n) is 15.7. The van der Waals surface area contributed by atoms with Crippen molar-refractivity contribution in [3.8, 4) is 17.2 Å². The molecule has 0 fully saturated rings. The van der Waals surface area contributed by atoms with Crippen molar-refractivity contribution in [3.63, 3.8) is 0 Å². The lowest BCUT2D eigenvalue weighted by Crippen LogP contribution is -2.41. The molecule has 1 heterocycles. The summed E-state index contributed by atoms with van der Waals surface area (Å²) in [5, 5.41) is 2.66. The Morgan fingerprint density at radius 3 is 2.57 bits per heavy atom. The second-order valence-corrected chi connectivity index (χ2v) is 8.23. The average Bonchev–Trinajstić information content (AvgIpc) is 3.11. The fourth-order valence-corrected chi connectivity index (χ4v) is 3.47. The van der Waals surface area contributed by atoms with E-state index in [-0.39, 0.29) is 26.5 Å². The van der Waals surface area contributed by atoms with Gasteiger partial charge in [-0.2, -0.15) is 0 Å². The van der Waals surface area contributed by atoms with Gasteiger partial charge in [-0.1, -0.05) is 17.7 Å². The van der Waals surface area contributed by atoms with Crippen LogP contribution in [0.1, 0.15) is 5.56 Å². The van der Waals surface area contributed by atoms with Gasteiger partial charge in [-0.3, -0.25) is 9.10 Å². The van der Waals surface area contributed by atoms with E-state index < -0.39 is 15.9 Å². The highest BCUT2D eigenvalue weighted by molar-refractivity contribution is 7.92. The molecule has 0 unspecified atom stereocenters. The molecule has 0 saturated heterocycles. The Bertz CT molecular complexity index is 943. The minimum Gasteiger partial charge on any atom is -0.492 e. The first kappa shape index (κ1) is 19.8. The highest BCUT2D eigenvalue weighted by Crippen LogP contribution is 2.36. The fraction of sp³-hybridized carbons (Fsp3) is 0.316. The lowest BCUT2D eigenvalue weighted by molar-refractivity contribution is -0.119. The maximum atomic E-state index is 12.2.